The second kappa shape index (κ2) is 9.62. The van der Waals surface area contributed by atoms with Gasteiger partial charge in [0.15, 0.2) is 0 Å². The van der Waals surface area contributed by atoms with Gasteiger partial charge in [0.25, 0.3) is 5.91 Å². The Morgan fingerprint density at radius 1 is 1.10 bits per heavy atom. The molecule has 7 nitrogen and oxygen atoms in total. The Morgan fingerprint density at radius 2 is 1.83 bits per heavy atom. The SMILES string of the molecule is CCOCC(=O)Nc1c(C(=O)N2CCC(N3CCCCC3)CC2)oc2ccccc12. The molecule has 0 atom stereocenters. The Bertz CT molecular complexity index is 880. The molecule has 1 aromatic carbocycles. The number of amides is 2. The number of piperidine rings is 2. The van der Waals surface area contributed by atoms with Crippen LogP contribution in [0.5, 0.6) is 0 Å². The molecule has 0 spiro atoms. The number of likely N-dealkylation sites (tertiary alicyclic amines) is 2. The molecule has 7 heteroatoms. The van der Waals surface area contributed by atoms with E-state index in [-0.39, 0.29) is 24.2 Å². The molecule has 30 heavy (non-hydrogen) atoms. The van der Waals surface area contributed by atoms with Crippen molar-refractivity contribution in [2.45, 2.75) is 45.1 Å². The topological polar surface area (TPSA) is 75.0 Å². The molecule has 0 unspecified atom stereocenters. The number of carbonyl (C=O) groups is 2. The van der Waals surface area contributed by atoms with Gasteiger partial charge < -0.3 is 24.3 Å². The molecule has 162 valence electrons. The van der Waals surface area contributed by atoms with Crippen molar-refractivity contribution in [3.63, 3.8) is 0 Å². The number of ether oxygens (including phenoxy) is 1. The number of anilines is 1. The van der Waals surface area contributed by atoms with Gasteiger partial charge in [-0.05, 0) is 57.8 Å². The molecule has 0 aliphatic carbocycles. The minimum Gasteiger partial charge on any atom is -0.449 e. The van der Waals surface area contributed by atoms with Crippen LogP contribution in [0, 0.1) is 0 Å². The number of nitrogens with zero attached hydrogens (tertiary/aromatic N) is 2. The zero-order valence-corrected chi connectivity index (χ0v) is 17.7. The van der Waals surface area contributed by atoms with E-state index in [2.05, 4.69) is 10.2 Å². The molecule has 2 fully saturated rings. The monoisotopic (exact) mass is 413 g/mol. The Hall–Kier alpha value is -2.38. The lowest BCUT2D eigenvalue weighted by Crippen LogP contribution is -2.48. The summed E-state index contributed by atoms with van der Waals surface area (Å²) in [5.41, 5.74) is 1.04. The van der Waals surface area contributed by atoms with E-state index in [1.807, 2.05) is 36.1 Å². The van der Waals surface area contributed by atoms with E-state index in [1.165, 1.54) is 32.4 Å². The van der Waals surface area contributed by atoms with Gasteiger partial charge in [-0.25, -0.2) is 0 Å². The highest BCUT2D eigenvalue weighted by molar-refractivity contribution is 6.11. The van der Waals surface area contributed by atoms with Gasteiger partial charge in [0.05, 0.1) is 0 Å². The summed E-state index contributed by atoms with van der Waals surface area (Å²) in [6.07, 6.45) is 5.86. The molecule has 3 heterocycles. The molecule has 2 saturated heterocycles. The fourth-order valence-electron chi connectivity index (χ4n) is 4.55. The molecular formula is C23H31N3O4. The van der Waals surface area contributed by atoms with E-state index in [0.29, 0.717) is 37.0 Å². The second-order valence-corrected chi connectivity index (χ2v) is 8.11. The Kier molecular flexibility index (Phi) is 6.69. The van der Waals surface area contributed by atoms with Gasteiger partial charge in [-0.1, -0.05) is 18.6 Å². The van der Waals surface area contributed by atoms with Crippen molar-refractivity contribution in [1.29, 1.82) is 0 Å². The van der Waals surface area contributed by atoms with E-state index in [0.717, 1.165) is 18.2 Å². The Balaban J connectivity index is 1.49. The molecule has 2 aliphatic rings. The van der Waals surface area contributed by atoms with Crippen molar-refractivity contribution in [2.24, 2.45) is 0 Å². The van der Waals surface area contributed by atoms with Crippen molar-refractivity contribution in [2.75, 3.05) is 44.7 Å². The number of rotatable bonds is 6. The maximum atomic E-state index is 13.3. The van der Waals surface area contributed by atoms with E-state index < -0.39 is 0 Å². The van der Waals surface area contributed by atoms with Gasteiger partial charge in [0.1, 0.15) is 17.9 Å². The molecule has 4 rings (SSSR count). The van der Waals surface area contributed by atoms with Crippen LogP contribution >= 0.6 is 0 Å². The average Bonchev–Trinajstić information content (AvgIpc) is 3.16. The summed E-state index contributed by atoms with van der Waals surface area (Å²) in [4.78, 5) is 30.0. The van der Waals surface area contributed by atoms with Gasteiger partial charge in [-0.3, -0.25) is 9.59 Å². The van der Waals surface area contributed by atoms with Crippen molar-refractivity contribution in [3.05, 3.63) is 30.0 Å². The minimum atomic E-state index is -0.291. The smallest absolute Gasteiger partial charge is 0.291 e. The summed E-state index contributed by atoms with van der Waals surface area (Å²) in [6, 6.07) is 7.96. The third kappa shape index (κ3) is 4.52. The number of benzene rings is 1. The molecule has 0 bridgehead atoms. The summed E-state index contributed by atoms with van der Waals surface area (Å²) < 4.78 is 11.1. The number of fused-ring (bicyclic) bond motifs is 1. The lowest BCUT2D eigenvalue weighted by atomic mass is 9.99. The highest BCUT2D eigenvalue weighted by Crippen LogP contribution is 2.32. The first-order chi connectivity index (χ1) is 14.7. The first-order valence-electron chi connectivity index (χ1n) is 11.1. The van der Waals surface area contributed by atoms with Crippen LogP contribution in [0.15, 0.2) is 28.7 Å². The number of hydrogen-bond donors (Lipinski definition) is 1. The predicted octanol–water partition coefficient (Wildman–Crippen LogP) is 3.50. The summed E-state index contributed by atoms with van der Waals surface area (Å²) >= 11 is 0. The number of para-hydroxylation sites is 1. The lowest BCUT2D eigenvalue weighted by molar-refractivity contribution is -0.120. The average molecular weight is 414 g/mol. The van der Waals surface area contributed by atoms with Crippen LogP contribution in [-0.2, 0) is 9.53 Å². The first-order valence-corrected chi connectivity index (χ1v) is 11.1. The van der Waals surface area contributed by atoms with E-state index >= 15 is 0 Å². The fraction of sp³-hybridized carbons (Fsp3) is 0.565. The van der Waals surface area contributed by atoms with Gasteiger partial charge in [-0.15, -0.1) is 0 Å². The maximum Gasteiger partial charge on any atom is 0.291 e. The van der Waals surface area contributed by atoms with Crippen molar-refractivity contribution in [1.82, 2.24) is 9.80 Å². The van der Waals surface area contributed by atoms with Crippen LogP contribution in [0.25, 0.3) is 11.0 Å². The van der Waals surface area contributed by atoms with E-state index in [1.54, 1.807) is 0 Å². The summed E-state index contributed by atoms with van der Waals surface area (Å²) in [7, 11) is 0. The largest absolute Gasteiger partial charge is 0.449 e. The highest BCUT2D eigenvalue weighted by Gasteiger charge is 2.31. The highest BCUT2D eigenvalue weighted by atomic mass is 16.5. The predicted molar refractivity (Wildman–Crippen MR) is 116 cm³/mol. The fourth-order valence-corrected chi connectivity index (χ4v) is 4.55. The first kappa shape index (κ1) is 20.9. The maximum absolute atomic E-state index is 13.3. The summed E-state index contributed by atoms with van der Waals surface area (Å²) in [5, 5.41) is 3.57. The van der Waals surface area contributed by atoms with Gasteiger partial charge in [0.2, 0.25) is 11.7 Å². The van der Waals surface area contributed by atoms with Gasteiger partial charge in [-0.2, -0.15) is 0 Å². The van der Waals surface area contributed by atoms with Crippen LogP contribution in [0.3, 0.4) is 0 Å². The standard InChI is InChI=1S/C23H31N3O4/c1-2-29-16-20(27)24-21-18-8-4-5-9-19(18)30-22(21)23(28)26-14-10-17(11-15-26)25-12-6-3-7-13-25/h4-5,8-9,17H,2-3,6-7,10-16H2,1H3,(H,24,27). The number of furan rings is 1. The van der Waals surface area contributed by atoms with Crippen LogP contribution in [0.4, 0.5) is 5.69 Å². The van der Waals surface area contributed by atoms with Crippen molar-refractivity contribution < 1.29 is 18.7 Å². The molecule has 2 amide bonds. The van der Waals surface area contributed by atoms with E-state index in [9.17, 15) is 9.59 Å². The van der Waals surface area contributed by atoms with Crippen LogP contribution in [0.2, 0.25) is 0 Å². The quantitative estimate of drug-likeness (QED) is 0.785. The van der Waals surface area contributed by atoms with E-state index in [4.69, 9.17) is 9.15 Å². The van der Waals surface area contributed by atoms with Gasteiger partial charge in [0, 0.05) is 31.1 Å². The molecule has 2 aromatic rings. The third-order valence-corrected chi connectivity index (χ3v) is 6.15. The zero-order valence-electron chi connectivity index (χ0n) is 17.7. The number of hydrogen-bond acceptors (Lipinski definition) is 5. The second-order valence-electron chi connectivity index (χ2n) is 8.11. The zero-order chi connectivity index (χ0) is 20.9. The normalized spacial score (nSPS) is 18.6. The van der Waals surface area contributed by atoms with Crippen LogP contribution in [-0.4, -0.2) is 67.0 Å². The molecule has 1 aromatic heterocycles. The molecule has 2 aliphatic heterocycles. The molecule has 0 radical (unpaired) electrons. The third-order valence-electron chi connectivity index (χ3n) is 6.15. The summed E-state index contributed by atoms with van der Waals surface area (Å²) in [6.45, 7) is 6.02. The lowest BCUT2D eigenvalue weighted by Gasteiger charge is -2.40. The Morgan fingerprint density at radius 3 is 2.57 bits per heavy atom. The summed E-state index contributed by atoms with van der Waals surface area (Å²) in [5.74, 6) is -0.242. The molecule has 1 N–H and O–H groups in total. The number of nitrogens with one attached hydrogen (secondary N) is 1. The molecular weight excluding hydrogens is 382 g/mol. The number of carbonyl (C=O) groups excluding carboxylic acids is 2. The Labute approximate surface area is 177 Å². The van der Waals surface area contributed by atoms with Gasteiger partial charge >= 0.3 is 0 Å². The minimum absolute atomic E-state index is 0.0507. The van der Waals surface area contributed by atoms with Crippen molar-refractivity contribution in [3.8, 4) is 0 Å². The van der Waals surface area contributed by atoms with Crippen LogP contribution < -0.4 is 5.32 Å². The van der Waals surface area contributed by atoms with Crippen LogP contribution in [0.1, 0.15) is 49.6 Å². The molecule has 0 saturated carbocycles. The van der Waals surface area contributed by atoms with Crippen molar-refractivity contribution >= 4 is 28.5 Å².